The lowest BCUT2D eigenvalue weighted by atomic mass is 9.77. The summed E-state index contributed by atoms with van der Waals surface area (Å²) in [5.74, 6) is 1.05. The van der Waals surface area contributed by atoms with Crippen molar-refractivity contribution in [3.05, 3.63) is 53.1 Å². The molecule has 2 aliphatic rings. The molecule has 1 aliphatic heterocycles. The second-order valence-electron chi connectivity index (χ2n) is 8.96. The molecule has 0 bridgehead atoms. The third-order valence-corrected chi connectivity index (χ3v) is 6.81. The minimum absolute atomic E-state index is 0.0352. The van der Waals surface area contributed by atoms with Gasteiger partial charge in [-0.2, -0.15) is 5.10 Å². The smallest absolute Gasteiger partial charge is 0.303 e. The van der Waals surface area contributed by atoms with Gasteiger partial charge >= 0.3 is 5.97 Å². The van der Waals surface area contributed by atoms with E-state index in [-0.39, 0.29) is 30.7 Å². The Bertz CT molecular complexity index is 1240. The average Bonchev–Trinajstić information content (AvgIpc) is 3.32. The van der Waals surface area contributed by atoms with Crippen molar-refractivity contribution in [3.63, 3.8) is 0 Å². The minimum atomic E-state index is -1.02. The number of carboxylic acids is 1. The number of hydrazone groups is 1. The standard InChI is InChI=1S/C28H32N2O7/c1-34-21-10-8-17(15-23(21)36-3)14-18-6-5-7-20-27(18)29-30(25(31)12-13-26(32)33)28(20)19-9-11-22(35-2)24(16-19)37-4/h8-11,14-16,20,28H,5-7,12-13H2,1-4H3,(H,32,33)/b18-14-/t20-,28+/m0/s1. The summed E-state index contributed by atoms with van der Waals surface area (Å²) in [6.45, 7) is 0. The van der Waals surface area contributed by atoms with Gasteiger partial charge in [0, 0.05) is 12.3 Å². The van der Waals surface area contributed by atoms with Gasteiger partial charge in [-0.1, -0.05) is 12.1 Å². The van der Waals surface area contributed by atoms with Crippen LogP contribution in [0, 0.1) is 5.92 Å². The first-order valence-corrected chi connectivity index (χ1v) is 12.2. The van der Waals surface area contributed by atoms with Gasteiger partial charge in [0.05, 0.1) is 46.6 Å². The topological polar surface area (TPSA) is 107 Å². The van der Waals surface area contributed by atoms with Gasteiger partial charge in [-0.25, -0.2) is 5.01 Å². The van der Waals surface area contributed by atoms with Gasteiger partial charge in [-0.3, -0.25) is 9.59 Å². The number of carbonyl (C=O) groups is 2. The molecule has 1 fully saturated rings. The average molecular weight is 509 g/mol. The van der Waals surface area contributed by atoms with E-state index in [1.807, 2.05) is 36.4 Å². The Kier molecular flexibility index (Phi) is 8.01. The van der Waals surface area contributed by atoms with E-state index in [2.05, 4.69) is 6.08 Å². The van der Waals surface area contributed by atoms with Gasteiger partial charge in [-0.05, 0) is 66.3 Å². The number of allylic oxidation sites excluding steroid dienone is 1. The van der Waals surface area contributed by atoms with Crippen LogP contribution >= 0.6 is 0 Å². The molecule has 37 heavy (non-hydrogen) atoms. The highest BCUT2D eigenvalue weighted by Crippen LogP contribution is 2.46. The van der Waals surface area contributed by atoms with Crippen molar-refractivity contribution >= 4 is 23.7 Å². The van der Waals surface area contributed by atoms with E-state index >= 15 is 0 Å². The summed E-state index contributed by atoms with van der Waals surface area (Å²) in [5.41, 5.74) is 3.69. The minimum Gasteiger partial charge on any atom is -0.493 e. The van der Waals surface area contributed by atoms with Crippen molar-refractivity contribution in [3.8, 4) is 23.0 Å². The van der Waals surface area contributed by atoms with E-state index in [0.29, 0.717) is 23.0 Å². The fourth-order valence-electron chi connectivity index (χ4n) is 5.05. The van der Waals surface area contributed by atoms with E-state index in [0.717, 1.165) is 41.7 Å². The van der Waals surface area contributed by atoms with Crippen molar-refractivity contribution in [2.75, 3.05) is 28.4 Å². The summed E-state index contributed by atoms with van der Waals surface area (Å²) in [4.78, 5) is 24.4. The maximum Gasteiger partial charge on any atom is 0.303 e. The number of hydrogen-bond acceptors (Lipinski definition) is 7. The second-order valence-corrected chi connectivity index (χ2v) is 8.96. The van der Waals surface area contributed by atoms with Crippen LogP contribution < -0.4 is 18.9 Å². The summed E-state index contributed by atoms with van der Waals surface area (Å²) in [6, 6.07) is 10.9. The highest BCUT2D eigenvalue weighted by atomic mass is 16.5. The Morgan fingerprint density at radius 1 is 0.946 bits per heavy atom. The Labute approximate surface area is 216 Å². The zero-order chi connectivity index (χ0) is 26.5. The Hall–Kier alpha value is -4.01. The lowest BCUT2D eigenvalue weighted by Gasteiger charge is -2.30. The lowest BCUT2D eigenvalue weighted by Crippen LogP contribution is -2.32. The molecule has 2 aromatic rings. The summed E-state index contributed by atoms with van der Waals surface area (Å²) in [6.07, 6.45) is 4.30. The van der Waals surface area contributed by atoms with Crippen LogP contribution in [0.2, 0.25) is 0 Å². The van der Waals surface area contributed by atoms with Gasteiger partial charge in [-0.15, -0.1) is 0 Å². The first-order valence-electron chi connectivity index (χ1n) is 12.2. The molecule has 9 nitrogen and oxygen atoms in total. The second kappa shape index (κ2) is 11.4. The molecule has 196 valence electrons. The number of methoxy groups -OCH3 is 4. The van der Waals surface area contributed by atoms with E-state index < -0.39 is 5.97 Å². The Morgan fingerprint density at radius 2 is 1.59 bits per heavy atom. The first kappa shape index (κ1) is 26.1. The van der Waals surface area contributed by atoms with Crippen LogP contribution in [0.25, 0.3) is 6.08 Å². The first-order chi connectivity index (χ1) is 17.9. The molecule has 0 unspecified atom stereocenters. The van der Waals surface area contributed by atoms with Crippen LogP contribution in [0.1, 0.15) is 49.3 Å². The number of ether oxygens (including phenoxy) is 4. The van der Waals surface area contributed by atoms with Crippen LogP contribution in [0.15, 0.2) is 47.1 Å². The molecule has 0 saturated heterocycles. The molecule has 0 spiro atoms. The van der Waals surface area contributed by atoms with E-state index in [1.54, 1.807) is 28.4 Å². The van der Waals surface area contributed by atoms with Crippen molar-refractivity contribution in [2.24, 2.45) is 11.0 Å². The number of aliphatic carboxylic acids is 1. The zero-order valence-corrected chi connectivity index (χ0v) is 21.5. The predicted molar refractivity (Wildman–Crippen MR) is 138 cm³/mol. The molecule has 1 saturated carbocycles. The van der Waals surface area contributed by atoms with Gasteiger partial charge in [0.1, 0.15) is 0 Å². The number of carbonyl (C=O) groups excluding carboxylic acids is 1. The predicted octanol–water partition coefficient (Wildman–Crippen LogP) is 4.71. The van der Waals surface area contributed by atoms with Gasteiger partial charge in [0.15, 0.2) is 23.0 Å². The van der Waals surface area contributed by atoms with Crippen LogP contribution in [-0.4, -0.2) is 56.1 Å². The molecule has 1 aliphatic carbocycles. The molecule has 2 atom stereocenters. The Morgan fingerprint density at radius 3 is 2.24 bits per heavy atom. The molecule has 4 rings (SSSR count). The van der Waals surface area contributed by atoms with Gasteiger partial charge < -0.3 is 24.1 Å². The van der Waals surface area contributed by atoms with Gasteiger partial charge in [0.25, 0.3) is 0 Å². The molecule has 1 N–H and O–H groups in total. The highest BCUT2D eigenvalue weighted by molar-refractivity contribution is 6.08. The largest absolute Gasteiger partial charge is 0.493 e. The Balaban J connectivity index is 1.74. The van der Waals surface area contributed by atoms with E-state index in [1.165, 1.54) is 5.01 Å². The molecule has 1 amide bonds. The number of hydrogen-bond donors (Lipinski definition) is 1. The molecule has 0 radical (unpaired) electrons. The number of carboxylic acid groups (broad SMARTS) is 1. The number of rotatable bonds is 9. The third kappa shape index (κ3) is 5.40. The zero-order valence-electron chi connectivity index (χ0n) is 21.5. The van der Waals surface area contributed by atoms with Crippen molar-refractivity contribution in [1.82, 2.24) is 5.01 Å². The van der Waals surface area contributed by atoms with Crippen LogP contribution in [0.3, 0.4) is 0 Å². The summed E-state index contributed by atoms with van der Waals surface area (Å²) in [5, 5.41) is 15.4. The fraction of sp³-hybridized carbons (Fsp3) is 0.393. The number of benzene rings is 2. The fourth-order valence-corrected chi connectivity index (χ4v) is 5.05. The number of amides is 1. The lowest BCUT2D eigenvalue weighted by molar-refractivity contribution is -0.141. The van der Waals surface area contributed by atoms with Crippen molar-refractivity contribution in [1.29, 1.82) is 0 Å². The van der Waals surface area contributed by atoms with Crippen LogP contribution in [0.5, 0.6) is 23.0 Å². The molecule has 2 aromatic carbocycles. The number of nitrogens with zero attached hydrogens (tertiary/aromatic N) is 2. The SMILES string of the molecule is COc1ccc(/C=C2/CCC[C@H]3C2=NN(C(=O)CCC(=O)O)[C@@H]3c2ccc(OC)c(OC)c2)cc1OC. The van der Waals surface area contributed by atoms with E-state index in [4.69, 9.17) is 29.2 Å². The molecule has 9 heteroatoms. The molecule has 0 aromatic heterocycles. The normalized spacial score (nSPS) is 19.7. The summed E-state index contributed by atoms with van der Waals surface area (Å²) in [7, 11) is 6.33. The third-order valence-electron chi connectivity index (χ3n) is 6.81. The summed E-state index contributed by atoms with van der Waals surface area (Å²) >= 11 is 0. The highest BCUT2D eigenvalue weighted by Gasteiger charge is 2.43. The quantitative estimate of drug-likeness (QED) is 0.523. The molecular weight excluding hydrogens is 476 g/mol. The maximum atomic E-state index is 13.2. The summed E-state index contributed by atoms with van der Waals surface area (Å²) < 4.78 is 21.7. The molecule has 1 heterocycles. The van der Waals surface area contributed by atoms with Crippen LogP contribution in [0.4, 0.5) is 0 Å². The van der Waals surface area contributed by atoms with E-state index in [9.17, 15) is 9.59 Å². The van der Waals surface area contributed by atoms with Gasteiger partial charge in [0.2, 0.25) is 5.91 Å². The monoisotopic (exact) mass is 508 g/mol. The van der Waals surface area contributed by atoms with Crippen molar-refractivity contribution in [2.45, 2.75) is 38.1 Å². The molecular formula is C28H32N2O7. The van der Waals surface area contributed by atoms with Crippen molar-refractivity contribution < 1.29 is 33.6 Å². The number of fused-ring (bicyclic) bond motifs is 1. The van der Waals surface area contributed by atoms with Crippen LogP contribution in [-0.2, 0) is 9.59 Å². The maximum absolute atomic E-state index is 13.2.